The number of ether oxygens (including phenoxy) is 1. The summed E-state index contributed by atoms with van der Waals surface area (Å²) in [7, 11) is 0. The Morgan fingerprint density at radius 1 is 0.489 bits per heavy atom. The maximum absolute atomic E-state index is 6.39. The Morgan fingerprint density at radius 2 is 1.04 bits per heavy atom. The van der Waals surface area contributed by atoms with Crippen LogP contribution in [-0.4, -0.2) is 16.4 Å². The van der Waals surface area contributed by atoms with E-state index in [2.05, 4.69) is 136 Å². The van der Waals surface area contributed by atoms with E-state index < -0.39 is 0 Å². The first-order chi connectivity index (χ1) is 22.3. The van der Waals surface area contributed by atoms with Crippen LogP contribution in [0.15, 0.2) is 170 Å². The first kappa shape index (κ1) is 26.5. The number of fused-ring (bicyclic) bond motifs is 1. The minimum absolute atomic E-state index is 0.654. The van der Waals surface area contributed by atoms with Gasteiger partial charge in [0.05, 0.1) is 22.7 Å². The van der Waals surface area contributed by atoms with Gasteiger partial charge < -0.3 is 14.5 Å². The molecular formula is C40H30N4O. The predicted molar refractivity (Wildman–Crippen MR) is 183 cm³/mol. The quantitative estimate of drug-likeness (QED) is 0.187. The van der Waals surface area contributed by atoms with E-state index in [9.17, 15) is 0 Å². The molecular weight excluding hydrogens is 552 g/mol. The molecule has 8 rings (SSSR count). The molecule has 1 aliphatic rings. The third kappa shape index (κ3) is 5.11. The number of anilines is 4. The molecule has 0 saturated heterocycles. The zero-order valence-electron chi connectivity index (χ0n) is 24.6. The lowest BCUT2D eigenvalue weighted by atomic mass is 9.95. The summed E-state index contributed by atoms with van der Waals surface area (Å²) in [6.45, 7) is 0.654. The first-order valence-electron chi connectivity index (χ1n) is 15.1. The third-order valence-corrected chi connectivity index (χ3v) is 8.17. The highest BCUT2D eigenvalue weighted by Crippen LogP contribution is 2.50. The van der Waals surface area contributed by atoms with Gasteiger partial charge in [-0.15, -0.1) is 0 Å². The van der Waals surface area contributed by atoms with Gasteiger partial charge in [-0.2, -0.15) is 5.10 Å². The minimum atomic E-state index is 0.654. The van der Waals surface area contributed by atoms with Gasteiger partial charge in [0.1, 0.15) is 18.2 Å². The van der Waals surface area contributed by atoms with Crippen LogP contribution in [0.2, 0.25) is 0 Å². The molecule has 0 N–H and O–H groups in total. The first-order valence-corrected chi connectivity index (χ1v) is 15.1. The Bertz CT molecular complexity index is 2020. The summed E-state index contributed by atoms with van der Waals surface area (Å²) in [5.41, 5.74) is 10.3. The number of hydrogen-bond acceptors (Lipinski definition) is 4. The van der Waals surface area contributed by atoms with Crippen LogP contribution < -0.4 is 14.5 Å². The molecule has 216 valence electrons. The molecule has 7 aromatic rings. The smallest absolute Gasteiger partial charge is 0.129 e. The van der Waals surface area contributed by atoms with Crippen molar-refractivity contribution < 1.29 is 4.74 Å². The van der Waals surface area contributed by atoms with Crippen molar-refractivity contribution >= 4 is 22.7 Å². The van der Waals surface area contributed by atoms with Crippen LogP contribution in [0.4, 0.5) is 22.7 Å². The van der Waals surface area contributed by atoms with Crippen LogP contribution in [0.1, 0.15) is 0 Å². The lowest BCUT2D eigenvalue weighted by Crippen LogP contribution is -2.24. The van der Waals surface area contributed by atoms with Crippen molar-refractivity contribution in [2.24, 2.45) is 0 Å². The summed E-state index contributed by atoms with van der Waals surface area (Å²) >= 11 is 0. The second-order valence-electron chi connectivity index (χ2n) is 11.0. The van der Waals surface area contributed by atoms with Crippen LogP contribution in [0, 0.1) is 0 Å². The molecule has 0 aliphatic carbocycles. The van der Waals surface area contributed by atoms with Crippen LogP contribution >= 0.6 is 0 Å². The highest BCUT2D eigenvalue weighted by atomic mass is 16.5. The molecule has 1 aliphatic heterocycles. The fourth-order valence-corrected chi connectivity index (χ4v) is 6.12. The Hall–Kier alpha value is -6.07. The summed E-state index contributed by atoms with van der Waals surface area (Å²) < 4.78 is 8.22. The monoisotopic (exact) mass is 582 g/mol. The molecule has 0 radical (unpaired) electrons. The normalized spacial score (nSPS) is 12.3. The van der Waals surface area contributed by atoms with Gasteiger partial charge in [0.25, 0.3) is 0 Å². The van der Waals surface area contributed by atoms with Crippen molar-refractivity contribution in [1.82, 2.24) is 9.78 Å². The second kappa shape index (κ2) is 11.5. The molecule has 5 heteroatoms. The SMILES string of the molecule is c1ccc(-c2cccc(-c3ccccc3)c2N2CN(c3cccc(Oc4cccc(-n5cccn5)c4)c3)c3ccccc32)cc1. The molecule has 2 heterocycles. The van der Waals surface area contributed by atoms with Crippen molar-refractivity contribution in [3.8, 4) is 39.4 Å². The van der Waals surface area contributed by atoms with E-state index in [0.29, 0.717) is 6.67 Å². The van der Waals surface area contributed by atoms with E-state index in [-0.39, 0.29) is 0 Å². The van der Waals surface area contributed by atoms with E-state index in [1.807, 2.05) is 47.3 Å². The molecule has 0 spiro atoms. The Balaban J connectivity index is 1.19. The highest BCUT2D eigenvalue weighted by Gasteiger charge is 2.31. The molecule has 45 heavy (non-hydrogen) atoms. The fourth-order valence-electron chi connectivity index (χ4n) is 6.12. The highest BCUT2D eigenvalue weighted by molar-refractivity contribution is 5.98. The molecule has 0 unspecified atom stereocenters. The van der Waals surface area contributed by atoms with Gasteiger partial charge in [0, 0.05) is 41.3 Å². The second-order valence-corrected chi connectivity index (χ2v) is 11.0. The van der Waals surface area contributed by atoms with Gasteiger partial charge in [0.2, 0.25) is 0 Å². The van der Waals surface area contributed by atoms with Gasteiger partial charge in [-0.3, -0.25) is 0 Å². The van der Waals surface area contributed by atoms with Gasteiger partial charge in [0.15, 0.2) is 0 Å². The number of rotatable bonds is 7. The summed E-state index contributed by atoms with van der Waals surface area (Å²) in [5.74, 6) is 1.53. The van der Waals surface area contributed by atoms with Crippen molar-refractivity contribution in [2.75, 3.05) is 16.5 Å². The van der Waals surface area contributed by atoms with Crippen LogP contribution in [0.5, 0.6) is 11.5 Å². The standard InChI is InChI=1S/C40H30N4O/c1-3-13-30(14-4-1)36-21-11-22-37(31-15-5-2-6-16-31)40(36)43-29-42(38-23-7-8-24-39(38)43)32-17-9-19-34(27-32)45-35-20-10-18-33(28-35)44-26-12-25-41-44/h1-28H,29H2. The Morgan fingerprint density at radius 3 is 1.67 bits per heavy atom. The van der Waals surface area contributed by atoms with E-state index in [1.54, 1.807) is 6.20 Å². The van der Waals surface area contributed by atoms with E-state index in [0.717, 1.165) is 34.2 Å². The van der Waals surface area contributed by atoms with Crippen molar-refractivity contribution in [3.63, 3.8) is 0 Å². The molecule has 5 nitrogen and oxygen atoms in total. The Kier molecular flexibility index (Phi) is 6.81. The van der Waals surface area contributed by atoms with Crippen LogP contribution in [-0.2, 0) is 0 Å². The molecule has 0 atom stereocenters. The zero-order valence-corrected chi connectivity index (χ0v) is 24.6. The topological polar surface area (TPSA) is 33.5 Å². The molecule has 6 aromatic carbocycles. The summed E-state index contributed by atoms with van der Waals surface area (Å²) in [4.78, 5) is 4.81. The summed E-state index contributed by atoms with van der Waals surface area (Å²) in [6, 6.07) is 54.8. The molecule has 0 amide bonds. The van der Waals surface area contributed by atoms with Gasteiger partial charge in [-0.25, -0.2) is 4.68 Å². The molecule has 0 saturated carbocycles. The average molecular weight is 583 g/mol. The number of aromatic nitrogens is 2. The fraction of sp³-hybridized carbons (Fsp3) is 0.0250. The minimum Gasteiger partial charge on any atom is -0.457 e. The largest absolute Gasteiger partial charge is 0.457 e. The van der Waals surface area contributed by atoms with E-state index in [4.69, 9.17) is 4.74 Å². The maximum atomic E-state index is 6.39. The number of hydrogen-bond donors (Lipinski definition) is 0. The van der Waals surface area contributed by atoms with Crippen LogP contribution in [0.25, 0.3) is 27.9 Å². The average Bonchev–Trinajstić information content (AvgIpc) is 3.78. The number of nitrogens with zero attached hydrogens (tertiary/aromatic N) is 4. The van der Waals surface area contributed by atoms with Gasteiger partial charge in [-0.05, 0) is 53.6 Å². The molecule has 0 bridgehead atoms. The van der Waals surface area contributed by atoms with Crippen molar-refractivity contribution in [1.29, 1.82) is 0 Å². The van der Waals surface area contributed by atoms with Crippen molar-refractivity contribution in [2.45, 2.75) is 0 Å². The number of benzene rings is 6. The van der Waals surface area contributed by atoms with E-state index >= 15 is 0 Å². The lowest BCUT2D eigenvalue weighted by Gasteiger charge is -2.27. The lowest BCUT2D eigenvalue weighted by molar-refractivity contribution is 0.482. The predicted octanol–water partition coefficient (Wildman–Crippen LogP) is 10.2. The number of para-hydroxylation sites is 3. The Labute approximate surface area is 262 Å². The third-order valence-electron chi connectivity index (χ3n) is 8.17. The van der Waals surface area contributed by atoms with Crippen molar-refractivity contribution in [3.05, 3.63) is 170 Å². The molecule has 0 fully saturated rings. The van der Waals surface area contributed by atoms with Gasteiger partial charge >= 0.3 is 0 Å². The summed E-state index contributed by atoms with van der Waals surface area (Å²) in [5, 5.41) is 4.36. The van der Waals surface area contributed by atoms with Gasteiger partial charge in [-0.1, -0.05) is 103 Å². The molecule has 1 aromatic heterocycles. The van der Waals surface area contributed by atoms with Crippen LogP contribution in [0.3, 0.4) is 0 Å². The maximum Gasteiger partial charge on any atom is 0.129 e. The van der Waals surface area contributed by atoms with E-state index in [1.165, 1.54) is 27.9 Å². The zero-order chi connectivity index (χ0) is 30.0. The summed E-state index contributed by atoms with van der Waals surface area (Å²) in [6.07, 6.45) is 3.70.